The summed E-state index contributed by atoms with van der Waals surface area (Å²) in [6, 6.07) is 5.35. The molecule has 0 saturated heterocycles. The smallest absolute Gasteiger partial charge is 0.325 e. The summed E-state index contributed by atoms with van der Waals surface area (Å²) in [4.78, 5) is 14.7. The Hall–Kier alpha value is -0.420. The van der Waals surface area contributed by atoms with Gasteiger partial charge in [-0.1, -0.05) is 22.0 Å². The lowest BCUT2D eigenvalue weighted by molar-refractivity contribution is -0.139. The molecule has 0 N–H and O–H groups in total. The second-order valence-corrected chi connectivity index (χ2v) is 4.00. The molecule has 0 amide bonds. The summed E-state index contributed by atoms with van der Waals surface area (Å²) >= 11 is 6.41. The number of alkyl halides is 1. The number of carbonyl (C=O) groups excluding carboxylic acids is 1. The highest BCUT2D eigenvalue weighted by Crippen LogP contribution is 2.23. The fraction of sp³-hybridized carbons (Fsp3) is 0.250. The molecule has 1 rings (SSSR count). The average Bonchev–Trinajstić information content (AvgIpc) is 2.15. The number of carbonyl (C=O) groups is 1. The fourth-order valence-electron chi connectivity index (χ4n) is 0.789. The van der Waals surface area contributed by atoms with Gasteiger partial charge in [-0.05, 0) is 28.1 Å². The van der Waals surface area contributed by atoms with E-state index in [4.69, 9.17) is 0 Å². The number of esters is 1. The van der Waals surface area contributed by atoms with Crippen LogP contribution in [0, 0.1) is 0 Å². The van der Waals surface area contributed by atoms with Crippen LogP contribution in [-0.2, 0) is 9.53 Å². The van der Waals surface area contributed by atoms with Crippen molar-refractivity contribution in [1.29, 1.82) is 0 Å². The minimum Gasteiger partial charge on any atom is -0.468 e. The van der Waals surface area contributed by atoms with Crippen molar-refractivity contribution in [3.63, 3.8) is 0 Å². The van der Waals surface area contributed by atoms with Crippen LogP contribution in [0.25, 0.3) is 0 Å². The van der Waals surface area contributed by atoms with Crippen molar-refractivity contribution < 1.29 is 9.53 Å². The van der Waals surface area contributed by atoms with Gasteiger partial charge < -0.3 is 4.74 Å². The lowest BCUT2D eigenvalue weighted by Gasteiger charge is -2.06. The second kappa shape index (κ2) is 4.72. The van der Waals surface area contributed by atoms with E-state index in [9.17, 15) is 4.79 Å². The summed E-state index contributed by atoms with van der Waals surface area (Å²) in [5, 5.41) is 0. The van der Waals surface area contributed by atoms with Gasteiger partial charge in [-0.2, -0.15) is 0 Å². The molecular weight excluding hydrogens is 302 g/mol. The lowest BCUT2D eigenvalue weighted by atomic mass is 10.3. The van der Waals surface area contributed by atoms with Crippen LogP contribution in [0.5, 0.6) is 0 Å². The molecule has 1 aromatic rings. The van der Waals surface area contributed by atoms with Crippen molar-refractivity contribution in [3.05, 3.63) is 28.5 Å². The van der Waals surface area contributed by atoms with Gasteiger partial charge in [0.25, 0.3) is 0 Å². The monoisotopic (exact) mass is 307 g/mol. The third kappa shape index (κ3) is 2.77. The van der Waals surface area contributed by atoms with Crippen molar-refractivity contribution in [3.8, 4) is 0 Å². The molecule has 0 unspecified atom stereocenters. The molecule has 13 heavy (non-hydrogen) atoms. The summed E-state index contributed by atoms with van der Waals surface area (Å²) < 4.78 is 5.26. The molecular formula is C8H7Br2NO2. The molecule has 5 heteroatoms. The Labute approximate surface area is 92.8 Å². The number of pyridine rings is 1. The van der Waals surface area contributed by atoms with Crippen LogP contribution in [0.1, 0.15) is 10.5 Å². The maximum absolute atomic E-state index is 11.1. The third-order valence-corrected chi connectivity index (χ3v) is 2.69. The van der Waals surface area contributed by atoms with Gasteiger partial charge in [-0.15, -0.1) is 0 Å². The van der Waals surface area contributed by atoms with Crippen LogP contribution in [0.2, 0.25) is 0 Å². The van der Waals surface area contributed by atoms with E-state index in [2.05, 4.69) is 41.6 Å². The van der Waals surface area contributed by atoms with Gasteiger partial charge in [0.1, 0.15) is 4.60 Å². The van der Waals surface area contributed by atoms with Gasteiger partial charge >= 0.3 is 5.97 Å². The number of nitrogens with zero attached hydrogens (tertiary/aromatic N) is 1. The largest absolute Gasteiger partial charge is 0.468 e. The summed E-state index contributed by atoms with van der Waals surface area (Å²) in [6.07, 6.45) is 0. The van der Waals surface area contributed by atoms with Crippen LogP contribution in [0.15, 0.2) is 22.8 Å². The summed E-state index contributed by atoms with van der Waals surface area (Å²) in [7, 11) is 1.34. The molecule has 0 aliphatic heterocycles. The van der Waals surface area contributed by atoms with Gasteiger partial charge in [0.05, 0.1) is 12.8 Å². The topological polar surface area (TPSA) is 39.2 Å². The van der Waals surface area contributed by atoms with Crippen LogP contribution in [-0.4, -0.2) is 18.1 Å². The average molecular weight is 309 g/mol. The zero-order chi connectivity index (χ0) is 9.84. The lowest BCUT2D eigenvalue weighted by Crippen LogP contribution is -2.09. The summed E-state index contributed by atoms with van der Waals surface area (Å²) in [5.41, 5.74) is 0.626. The first-order valence-electron chi connectivity index (χ1n) is 3.49. The molecule has 1 aromatic heterocycles. The van der Waals surface area contributed by atoms with Crippen LogP contribution >= 0.6 is 31.9 Å². The third-order valence-electron chi connectivity index (χ3n) is 1.40. The molecule has 0 bridgehead atoms. The summed E-state index contributed by atoms with van der Waals surface area (Å²) in [5.74, 6) is -0.356. The Kier molecular flexibility index (Phi) is 3.87. The Bertz CT molecular complexity index is 317. The quantitative estimate of drug-likeness (QED) is 0.478. The van der Waals surface area contributed by atoms with Gasteiger partial charge in [0.15, 0.2) is 4.83 Å². The highest BCUT2D eigenvalue weighted by molar-refractivity contribution is 9.10. The Balaban J connectivity index is 2.88. The van der Waals surface area contributed by atoms with E-state index < -0.39 is 4.83 Å². The maximum Gasteiger partial charge on any atom is 0.325 e. The fourth-order valence-corrected chi connectivity index (χ4v) is 1.59. The summed E-state index contributed by atoms with van der Waals surface area (Å²) in [6.45, 7) is 0. The zero-order valence-electron chi connectivity index (χ0n) is 6.83. The Morgan fingerprint density at radius 1 is 1.62 bits per heavy atom. The standard InChI is InChI=1S/C8H7Br2NO2/c1-13-8(12)7(10)5-3-2-4-6(9)11-5/h2-4,7H,1H3/t7-/m1/s1. The first-order valence-corrected chi connectivity index (χ1v) is 5.20. The van der Waals surface area contributed by atoms with Crippen molar-refractivity contribution in [1.82, 2.24) is 4.98 Å². The molecule has 1 atom stereocenters. The number of rotatable bonds is 2. The number of hydrogen-bond donors (Lipinski definition) is 0. The normalized spacial score (nSPS) is 12.2. The highest BCUT2D eigenvalue weighted by Gasteiger charge is 2.18. The molecule has 1 heterocycles. The van der Waals surface area contributed by atoms with Gasteiger partial charge in [0.2, 0.25) is 0 Å². The minimum absolute atomic E-state index is 0.356. The molecule has 3 nitrogen and oxygen atoms in total. The molecule has 0 spiro atoms. The van der Waals surface area contributed by atoms with E-state index in [1.807, 2.05) is 6.07 Å². The molecule has 0 aliphatic carbocycles. The Morgan fingerprint density at radius 2 is 2.31 bits per heavy atom. The van der Waals surface area contributed by atoms with Crippen molar-refractivity contribution in [2.24, 2.45) is 0 Å². The molecule has 0 fully saturated rings. The SMILES string of the molecule is COC(=O)[C@H](Br)c1cccc(Br)n1. The van der Waals surface area contributed by atoms with E-state index in [0.717, 1.165) is 0 Å². The predicted molar refractivity (Wildman–Crippen MR) is 55.6 cm³/mol. The zero-order valence-corrected chi connectivity index (χ0v) is 10.0. The van der Waals surface area contributed by atoms with Crippen LogP contribution < -0.4 is 0 Å². The molecule has 70 valence electrons. The molecule has 0 aromatic carbocycles. The van der Waals surface area contributed by atoms with Gasteiger partial charge in [-0.25, -0.2) is 4.98 Å². The highest BCUT2D eigenvalue weighted by atomic mass is 79.9. The van der Waals surface area contributed by atoms with Crippen molar-refractivity contribution in [2.45, 2.75) is 4.83 Å². The first-order chi connectivity index (χ1) is 6.15. The van der Waals surface area contributed by atoms with E-state index in [0.29, 0.717) is 10.3 Å². The van der Waals surface area contributed by atoms with Crippen molar-refractivity contribution >= 4 is 37.8 Å². The molecule has 0 aliphatic rings. The predicted octanol–water partition coefficient (Wildman–Crippen LogP) is 2.45. The van der Waals surface area contributed by atoms with E-state index in [-0.39, 0.29) is 5.97 Å². The first kappa shape index (κ1) is 10.7. The number of aromatic nitrogens is 1. The number of halogens is 2. The van der Waals surface area contributed by atoms with E-state index in [1.165, 1.54) is 7.11 Å². The van der Waals surface area contributed by atoms with Crippen LogP contribution in [0.4, 0.5) is 0 Å². The number of hydrogen-bond acceptors (Lipinski definition) is 3. The number of ether oxygens (including phenoxy) is 1. The van der Waals surface area contributed by atoms with Crippen molar-refractivity contribution in [2.75, 3.05) is 7.11 Å². The Morgan fingerprint density at radius 3 is 2.85 bits per heavy atom. The molecule has 0 saturated carbocycles. The van der Waals surface area contributed by atoms with Gasteiger partial charge in [0, 0.05) is 0 Å². The maximum atomic E-state index is 11.1. The number of methoxy groups -OCH3 is 1. The molecule has 0 radical (unpaired) electrons. The van der Waals surface area contributed by atoms with Gasteiger partial charge in [-0.3, -0.25) is 4.79 Å². The van der Waals surface area contributed by atoms with E-state index in [1.54, 1.807) is 12.1 Å². The minimum atomic E-state index is -0.505. The second-order valence-electron chi connectivity index (χ2n) is 2.27. The van der Waals surface area contributed by atoms with Crippen LogP contribution in [0.3, 0.4) is 0 Å². The van der Waals surface area contributed by atoms with E-state index >= 15 is 0 Å².